The quantitative estimate of drug-likeness (QED) is 0.661. The molecule has 4 rings (SSSR count). The Bertz CT molecular complexity index is 1080. The molecule has 0 saturated carbocycles. The van der Waals surface area contributed by atoms with Crippen LogP contribution in [0.4, 0.5) is 0 Å². The van der Waals surface area contributed by atoms with E-state index in [4.69, 9.17) is 4.74 Å². The molecular weight excluding hydrogens is 374 g/mol. The Morgan fingerprint density at radius 3 is 2.39 bits per heavy atom. The lowest BCUT2D eigenvalue weighted by molar-refractivity contribution is 0.130. The topological polar surface area (TPSA) is 72.4 Å². The van der Waals surface area contributed by atoms with Gasteiger partial charge in [0, 0.05) is 18.5 Å². The summed E-state index contributed by atoms with van der Waals surface area (Å²) in [5, 5.41) is 1.28. The molecule has 2 aromatic carbocycles. The second-order valence-corrected chi connectivity index (χ2v) is 8.49. The molecule has 1 aromatic heterocycles. The number of hydrogen-bond donors (Lipinski definition) is 0. The number of ether oxygens (including phenoxy) is 1. The maximum Gasteiger partial charge on any atom is 0.236 e. The van der Waals surface area contributed by atoms with Crippen LogP contribution < -0.4 is 4.74 Å². The van der Waals surface area contributed by atoms with Gasteiger partial charge >= 0.3 is 0 Å². The molecule has 0 N–H and O–H groups in total. The van der Waals surface area contributed by atoms with E-state index in [0.29, 0.717) is 31.8 Å². The molecule has 1 aliphatic heterocycles. The summed E-state index contributed by atoms with van der Waals surface area (Å²) < 4.78 is 32.5. The van der Waals surface area contributed by atoms with Crippen LogP contribution in [0.1, 0.15) is 18.4 Å². The number of hydrogen-bond acceptors (Lipinski definition) is 5. The van der Waals surface area contributed by atoms with E-state index in [2.05, 4.69) is 9.97 Å². The van der Waals surface area contributed by atoms with Crippen molar-refractivity contribution in [1.29, 1.82) is 0 Å². The van der Waals surface area contributed by atoms with E-state index in [1.54, 1.807) is 12.3 Å². The van der Waals surface area contributed by atoms with Crippen molar-refractivity contribution in [2.45, 2.75) is 18.9 Å². The third-order valence-corrected chi connectivity index (χ3v) is 6.27. The molecule has 6 nitrogen and oxygen atoms in total. The number of fused-ring (bicyclic) bond motifs is 1. The number of rotatable bonds is 5. The van der Waals surface area contributed by atoms with Crippen LogP contribution in [0.25, 0.3) is 17.1 Å². The van der Waals surface area contributed by atoms with E-state index in [1.165, 1.54) is 9.71 Å². The molecule has 2 heterocycles. The lowest BCUT2D eigenvalue weighted by Gasteiger charge is -2.30. The number of para-hydroxylation sites is 2. The molecule has 7 heteroatoms. The number of sulfonamides is 1. The van der Waals surface area contributed by atoms with Gasteiger partial charge in [-0.15, -0.1) is 0 Å². The molecule has 0 radical (unpaired) electrons. The van der Waals surface area contributed by atoms with Gasteiger partial charge in [-0.2, -0.15) is 4.31 Å². The van der Waals surface area contributed by atoms with Crippen molar-refractivity contribution in [2.75, 3.05) is 13.1 Å². The van der Waals surface area contributed by atoms with Crippen molar-refractivity contribution in [3.8, 4) is 5.88 Å². The van der Waals surface area contributed by atoms with Gasteiger partial charge in [0.25, 0.3) is 0 Å². The van der Waals surface area contributed by atoms with Crippen molar-refractivity contribution >= 4 is 27.1 Å². The Morgan fingerprint density at radius 2 is 1.64 bits per heavy atom. The van der Waals surface area contributed by atoms with Gasteiger partial charge in [-0.3, -0.25) is 0 Å². The van der Waals surface area contributed by atoms with Crippen LogP contribution in [0, 0.1) is 0 Å². The van der Waals surface area contributed by atoms with Crippen LogP contribution in [-0.2, 0) is 10.0 Å². The molecule has 0 atom stereocenters. The summed E-state index contributed by atoms with van der Waals surface area (Å²) in [7, 11) is -3.44. The highest BCUT2D eigenvalue weighted by Crippen LogP contribution is 2.21. The summed E-state index contributed by atoms with van der Waals surface area (Å²) in [6, 6.07) is 17.0. The Hall–Kier alpha value is -2.77. The molecule has 1 fully saturated rings. The van der Waals surface area contributed by atoms with E-state index in [0.717, 1.165) is 16.6 Å². The SMILES string of the molecule is O=S(=O)(/C=C/c1ccccc1)N1CCC(Oc2cnc3ccccc3n2)CC1. The number of benzene rings is 2. The van der Waals surface area contributed by atoms with Gasteiger partial charge in [0.2, 0.25) is 15.9 Å². The standard InChI is InChI=1S/C21H21N3O3S/c25-28(26,15-12-17-6-2-1-3-7-17)24-13-10-18(11-14-24)27-21-16-22-19-8-4-5-9-20(19)23-21/h1-9,12,15-16,18H,10-11,13-14H2/b15-12+. The average Bonchev–Trinajstić information content (AvgIpc) is 2.73. The summed E-state index contributed by atoms with van der Waals surface area (Å²) >= 11 is 0. The molecule has 0 amide bonds. The minimum absolute atomic E-state index is 0.0694. The first kappa shape index (κ1) is 18.6. The molecule has 1 aliphatic rings. The van der Waals surface area contributed by atoms with Crippen LogP contribution in [-0.4, -0.2) is 41.9 Å². The lowest BCUT2D eigenvalue weighted by atomic mass is 10.1. The molecule has 0 aliphatic carbocycles. The van der Waals surface area contributed by atoms with E-state index in [9.17, 15) is 8.42 Å². The zero-order valence-corrected chi connectivity index (χ0v) is 16.1. The molecule has 3 aromatic rings. The smallest absolute Gasteiger partial charge is 0.236 e. The predicted octanol–water partition coefficient (Wildman–Crippen LogP) is 3.47. The van der Waals surface area contributed by atoms with Crippen LogP contribution in [0.15, 0.2) is 66.2 Å². The maximum atomic E-state index is 12.5. The van der Waals surface area contributed by atoms with Crippen LogP contribution in [0.3, 0.4) is 0 Å². The van der Waals surface area contributed by atoms with Gasteiger partial charge in [0.15, 0.2) is 0 Å². The number of piperidine rings is 1. The van der Waals surface area contributed by atoms with E-state index in [-0.39, 0.29) is 6.10 Å². The summed E-state index contributed by atoms with van der Waals surface area (Å²) in [5.41, 5.74) is 2.46. The van der Waals surface area contributed by atoms with Gasteiger partial charge in [0.1, 0.15) is 6.10 Å². The number of nitrogens with zero attached hydrogens (tertiary/aromatic N) is 3. The molecule has 144 valence electrons. The summed E-state index contributed by atoms with van der Waals surface area (Å²) in [6.07, 6.45) is 4.41. The van der Waals surface area contributed by atoms with Crippen molar-refractivity contribution in [3.63, 3.8) is 0 Å². The van der Waals surface area contributed by atoms with Crippen molar-refractivity contribution in [3.05, 3.63) is 71.8 Å². The van der Waals surface area contributed by atoms with Crippen molar-refractivity contribution < 1.29 is 13.2 Å². The highest BCUT2D eigenvalue weighted by molar-refractivity contribution is 7.92. The highest BCUT2D eigenvalue weighted by Gasteiger charge is 2.27. The van der Waals surface area contributed by atoms with Crippen LogP contribution in [0.5, 0.6) is 5.88 Å². The summed E-state index contributed by atoms with van der Waals surface area (Å²) in [4.78, 5) is 8.82. The Morgan fingerprint density at radius 1 is 0.964 bits per heavy atom. The molecule has 0 bridgehead atoms. The van der Waals surface area contributed by atoms with E-state index < -0.39 is 10.0 Å². The minimum atomic E-state index is -3.44. The third-order valence-electron chi connectivity index (χ3n) is 4.71. The van der Waals surface area contributed by atoms with Gasteiger partial charge in [0.05, 0.1) is 17.2 Å². The van der Waals surface area contributed by atoms with Gasteiger partial charge in [-0.05, 0) is 36.6 Å². The second kappa shape index (κ2) is 8.08. The van der Waals surface area contributed by atoms with E-state index >= 15 is 0 Å². The van der Waals surface area contributed by atoms with Gasteiger partial charge in [-0.1, -0.05) is 42.5 Å². The molecular formula is C21H21N3O3S. The molecule has 0 spiro atoms. The largest absolute Gasteiger partial charge is 0.473 e. The summed E-state index contributed by atoms with van der Waals surface area (Å²) in [5.74, 6) is 0.476. The molecule has 0 unspecified atom stereocenters. The number of aromatic nitrogens is 2. The first-order chi connectivity index (χ1) is 13.6. The Labute approximate surface area is 164 Å². The van der Waals surface area contributed by atoms with Gasteiger partial charge in [-0.25, -0.2) is 18.4 Å². The van der Waals surface area contributed by atoms with E-state index in [1.807, 2.05) is 54.6 Å². The highest BCUT2D eigenvalue weighted by atomic mass is 32.2. The molecule has 1 saturated heterocycles. The first-order valence-electron chi connectivity index (χ1n) is 9.22. The van der Waals surface area contributed by atoms with Crippen molar-refractivity contribution in [2.24, 2.45) is 0 Å². The first-order valence-corrected chi connectivity index (χ1v) is 10.7. The normalized spacial score (nSPS) is 16.6. The Kier molecular flexibility index (Phi) is 5.36. The maximum absolute atomic E-state index is 12.5. The fourth-order valence-electron chi connectivity index (χ4n) is 3.19. The van der Waals surface area contributed by atoms with Crippen molar-refractivity contribution in [1.82, 2.24) is 14.3 Å². The zero-order chi connectivity index (χ0) is 19.4. The van der Waals surface area contributed by atoms with Crippen LogP contribution >= 0.6 is 0 Å². The fraction of sp³-hybridized carbons (Fsp3) is 0.238. The fourth-order valence-corrected chi connectivity index (χ4v) is 4.41. The monoisotopic (exact) mass is 395 g/mol. The minimum Gasteiger partial charge on any atom is -0.473 e. The average molecular weight is 395 g/mol. The third kappa shape index (κ3) is 4.37. The predicted molar refractivity (Wildman–Crippen MR) is 109 cm³/mol. The van der Waals surface area contributed by atoms with Gasteiger partial charge < -0.3 is 4.74 Å². The Balaban J connectivity index is 1.36. The summed E-state index contributed by atoms with van der Waals surface area (Å²) in [6.45, 7) is 0.847. The molecule has 28 heavy (non-hydrogen) atoms. The second-order valence-electron chi connectivity index (χ2n) is 6.67. The lowest BCUT2D eigenvalue weighted by Crippen LogP contribution is -2.41. The zero-order valence-electron chi connectivity index (χ0n) is 15.3. The van der Waals surface area contributed by atoms with Crippen LogP contribution in [0.2, 0.25) is 0 Å².